The van der Waals surface area contributed by atoms with Crippen molar-refractivity contribution in [2.45, 2.75) is 45.6 Å². The molecule has 0 saturated carbocycles. The lowest BCUT2D eigenvalue weighted by molar-refractivity contribution is 0.253. The van der Waals surface area contributed by atoms with Gasteiger partial charge in [0.05, 0.1) is 0 Å². The van der Waals surface area contributed by atoms with Gasteiger partial charge in [-0.3, -0.25) is 4.98 Å². The Morgan fingerprint density at radius 1 is 1.26 bits per heavy atom. The summed E-state index contributed by atoms with van der Waals surface area (Å²) in [5.74, 6) is 0. The fraction of sp³-hybridized carbons (Fsp3) is 0.688. The Bertz CT molecular complexity index is 313. The highest BCUT2D eigenvalue weighted by molar-refractivity contribution is 5.09. The van der Waals surface area contributed by atoms with Crippen LogP contribution in [0.2, 0.25) is 0 Å². The lowest BCUT2D eigenvalue weighted by Crippen LogP contribution is -2.39. The third kappa shape index (κ3) is 7.28. The van der Waals surface area contributed by atoms with Gasteiger partial charge in [0.1, 0.15) is 0 Å². The molecule has 1 N–H and O–H groups in total. The van der Waals surface area contributed by atoms with Crippen molar-refractivity contribution in [3.63, 3.8) is 0 Å². The van der Waals surface area contributed by atoms with Gasteiger partial charge in [0.15, 0.2) is 0 Å². The molecule has 0 aliphatic carbocycles. The molecule has 1 atom stereocenters. The number of unbranched alkanes of at least 4 members (excludes halogenated alkanes) is 2. The lowest BCUT2D eigenvalue weighted by Gasteiger charge is -2.25. The number of hydrogen-bond acceptors (Lipinski definition) is 3. The molecule has 0 radical (unpaired) electrons. The van der Waals surface area contributed by atoms with E-state index in [0.29, 0.717) is 6.04 Å². The average molecular weight is 263 g/mol. The first kappa shape index (κ1) is 16.1. The smallest absolute Gasteiger partial charge is 0.0270 e. The molecule has 3 nitrogen and oxygen atoms in total. The molecule has 0 fully saturated rings. The summed E-state index contributed by atoms with van der Waals surface area (Å²) in [6.07, 6.45) is 8.76. The topological polar surface area (TPSA) is 28.2 Å². The normalized spacial score (nSPS) is 12.8. The SMILES string of the molecule is CCCCCNCC(C)N(C)CCc1ccncc1. The van der Waals surface area contributed by atoms with Crippen molar-refractivity contribution in [1.82, 2.24) is 15.2 Å². The molecule has 1 rings (SSSR count). The molecule has 0 amide bonds. The zero-order valence-corrected chi connectivity index (χ0v) is 12.7. The van der Waals surface area contributed by atoms with Crippen LogP contribution in [0.5, 0.6) is 0 Å². The van der Waals surface area contributed by atoms with Gasteiger partial charge in [0.25, 0.3) is 0 Å². The lowest BCUT2D eigenvalue weighted by atomic mass is 10.2. The Labute approximate surface area is 118 Å². The Balaban J connectivity index is 2.12. The van der Waals surface area contributed by atoms with Crippen LogP contribution in [-0.4, -0.2) is 42.6 Å². The largest absolute Gasteiger partial charge is 0.315 e. The maximum Gasteiger partial charge on any atom is 0.0270 e. The highest BCUT2D eigenvalue weighted by Gasteiger charge is 2.08. The van der Waals surface area contributed by atoms with Crippen LogP contribution in [0.3, 0.4) is 0 Å². The maximum absolute atomic E-state index is 4.05. The van der Waals surface area contributed by atoms with Gasteiger partial charge < -0.3 is 10.2 Å². The van der Waals surface area contributed by atoms with E-state index in [1.165, 1.54) is 24.8 Å². The van der Waals surface area contributed by atoms with E-state index in [1.807, 2.05) is 12.4 Å². The molecule has 1 aromatic rings. The molecule has 3 heteroatoms. The van der Waals surface area contributed by atoms with E-state index in [2.05, 4.69) is 48.2 Å². The van der Waals surface area contributed by atoms with Gasteiger partial charge in [0.2, 0.25) is 0 Å². The summed E-state index contributed by atoms with van der Waals surface area (Å²) >= 11 is 0. The monoisotopic (exact) mass is 263 g/mol. The first-order valence-electron chi connectivity index (χ1n) is 7.54. The maximum atomic E-state index is 4.05. The molecule has 1 aromatic heterocycles. The van der Waals surface area contributed by atoms with E-state index < -0.39 is 0 Å². The Kier molecular flexibility index (Phi) is 8.43. The molecule has 0 spiro atoms. The Morgan fingerprint density at radius 2 is 2.00 bits per heavy atom. The number of pyridine rings is 1. The molecular weight excluding hydrogens is 234 g/mol. The predicted octanol–water partition coefficient (Wildman–Crippen LogP) is 2.72. The van der Waals surface area contributed by atoms with E-state index >= 15 is 0 Å². The summed E-state index contributed by atoms with van der Waals surface area (Å²) in [7, 11) is 2.21. The quantitative estimate of drug-likeness (QED) is 0.658. The molecule has 0 aromatic carbocycles. The van der Waals surface area contributed by atoms with Gasteiger partial charge in [-0.25, -0.2) is 0 Å². The molecule has 19 heavy (non-hydrogen) atoms. The van der Waals surface area contributed by atoms with Gasteiger partial charge in [-0.15, -0.1) is 0 Å². The molecule has 1 heterocycles. The van der Waals surface area contributed by atoms with Crippen molar-refractivity contribution in [2.24, 2.45) is 0 Å². The standard InChI is InChI=1S/C16H29N3/c1-4-5-6-10-18-14-15(2)19(3)13-9-16-7-11-17-12-8-16/h7-8,11-12,15,18H,4-6,9-10,13-14H2,1-3H3. The van der Waals surface area contributed by atoms with Crippen molar-refractivity contribution in [3.8, 4) is 0 Å². The Morgan fingerprint density at radius 3 is 2.68 bits per heavy atom. The average Bonchev–Trinajstić information content (AvgIpc) is 2.45. The molecular formula is C16H29N3. The number of nitrogens with zero attached hydrogens (tertiary/aromatic N) is 2. The molecule has 0 aliphatic heterocycles. The van der Waals surface area contributed by atoms with Crippen LogP contribution in [0, 0.1) is 0 Å². The number of hydrogen-bond donors (Lipinski definition) is 1. The Hall–Kier alpha value is -0.930. The minimum Gasteiger partial charge on any atom is -0.315 e. The molecule has 0 aliphatic rings. The van der Waals surface area contributed by atoms with Gasteiger partial charge >= 0.3 is 0 Å². The summed E-state index contributed by atoms with van der Waals surface area (Å²) in [5, 5.41) is 3.55. The third-order valence-corrected chi connectivity index (χ3v) is 3.65. The first-order valence-corrected chi connectivity index (χ1v) is 7.54. The second-order valence-corrected chi connectivity index (χ2v) is 5.35. The van der Waals surface area contributed by atoms with Crippen LogP contribution in [0.15, 0.2) is 24.5 Å². The van der Waals surface area contributed by atoms with Crippen LogP contribution in [0.25, 0.3) is 0 Å². The summed E-state index contributed by atoms with van der Waals surface area (Å²) in [4.78, 5) is 6.47. The second kappa shape index (κ2) is 9.93. The van der Waals surface area contributed by atoms with Gasteiger partial charge in [-0.05, 0) is 51.1 Å². The fourth-order valence-electron chi connectivity index (χ4n) is 2.04. The van der Waals surface area contributed by atoms with Crippen LogP contribution in [0.4, 0.5) is 0 Å². The predicted molar refractivity (Wildman–Crippen MR) is 82.4 cm³/mol. The van der Waals surface area contributed by atoms with Gasteiger partial charge in [-0.1, -0.05) is 19.8 Å². The number of likely N-dealkylation sites (N-methyl/N-ethyl adjacent to an activating group) is 1. The van der Waals surface area contributed by atoms with Crippen molar-refractivity contribution in [3.05, 3.63) is 30.1 Å². The van der Waals surface area contributed by atoms with Crippen LogP contribution < -0.4 is 5.32 Å². The first-order chi connectivity index (χ1) is 9.24. The van der Waals surface area contributed by atoms with Crippen LogP contribution >= 0.6 is 0 Å². The fourth-order valence-corrected chi connectivity index (χ4v) is 2.04. The minimum absolute atomic E-state index is 0.587. The van der Waals surface area contributed by atoms with Gasteiger partial charge in [0, 0.05) is 31.5 Å². The summed E-state index contributed by atoms with van der Waals surface area (Å²) in [5.41, 5.74) is 1.37. The second-order valence-electron chi connectivity index (χ2n) is 5.35. The van der Waals surface area contributed by atoms with E-state index in [1.54, 1.807) is 0 Å². The molecule has 0 saturated heterocycles. The number of rotatable bonds is 10. The summed E-state index contributed by atoms with van der Waals surface area (Å²) < 4.78 is 0. The van der Waals surface area contributed by atoms with E-state index in [4.69, 9.17) is 0 Å². The number of aromatic nitrogens is 1. The van der Waals surface area contributed by atoms with Crippen molar-refractivity contribution in [1.29, 1.82) is 0 Å². The molecule has 108 valence electrons. The summed E-state index contributed by atoms with van der Waals surface area (Å²) in [6.45, 7) is 7.86. The van der Waals surface area contributed by atoms with Crippen molar-refractivity contribution >= 4 is 0 Å². The van der Waals surface area contributed by atoms with E-state index in [9.17, 15) is 0 Å². The summed E-state index contributed by atoms with van der Waals surface area (Å²) in [6, 6.07) is 4.78. The van der Waals surface area contributed by atoms with Crippen molar-refractivity contribution in [2.75, 3.05) is 26.7 Å². The minimum atomic E-state index is 0.587. The van der Waals surface area contributed by atoms with E-state index in [-0.39, 0.29) is 0 Å². The number of nitrogens with one attached hydrogen (secondary N) is 1. The van der Waals surface area contributed by atoms with Crippen LogP contribution in [-0.2, 0) is 6.42 Å². The molecule has 0 bridgehead atoms. The highest BCUT2D eigenvalue weighted by atomic mass is 15.1. The van der Waals surface area contributed by atoms with Crippen molar-refractivity contribution < 1.29 is 0 Å². The van der Waals surface area contributed by atoms with Gasteiger partial charge in [-0.2, -0.15) is 0 Å². The van der Waals surface area contributed by atoms with E-state index in [0.717, 1.165) is 26.1 Å². The third-order valence-electron chi connectivity index (χ3n) is 3.65. The zero-order valence-electron chi connectivity index (χ0n) is 12.7. The highest BCUT2D eigenvalue weighted by Crippen LogP contribution is 2.01. The zero-order chi connectivity index (χ0) is 13.9. The van der Waals surface area contributed by atoms with Crippen LogP contribution in [0.1, 0.15) is 38.7 Å². The molecule has 1 unspecified atom stereocenters.